The van der Waals surface area contributed by atoms with E-state index in [1.165, 1.54) is 6.33 Å². The zero-order chi connectivity index (χ0) is 13.5. The molecule has 0 unspecified atom stereocenters. The van der Waals surface area contributed by atoms with Gasteiger partial charge in [0.25, 0.3) is 6.43 Å². The zero-order valence-corrected chi connectivity index (χ0v) is 10.9. The maximum Gasteiger partial charge on any atom is 0.272 e. The number of hydrogen-bond acceptors (Lipinski definition) is 4. The molecule has 102 valence electrons. The molecular weight excluding hydrogens is 240 g/mol. The molecule has 6 heteroatoms. The molecule has 1 rings (SSSR count). The molecule has 0 amide bonds. The van der Waals surface area contributed by atoms with Gasteiger partial charge < -0.3 is 10.1 Å². The normalized spacial score (nSPS) is 11.1. The first-order chi connectivity index (χ1) is 8.56. The Morgan fingerprint density at radius 2 is 2.06 bits per heavy atom. The number of nitrogens with zero attached hydrogens (tertiary/aromatic N) is 2. The zero-order valence-electron chi connectivity index (χ0n) is 10.9. The van der Waals surface area contributed by atoms with Crippen LogP contribution in [0.15, 0.2) is 6.33 Å². The van der Waals surface area contributed by atoms with E-state index in [-0.39, 0.29) is 11.8 Å². The molecule has 0 bridgehead atoms. The minimum Gasteiger partial charge on any atom is -0.471 e. The Bertz CT molecular complexity index is 372. The molecule has 0 saturated heterocycles. The summed E-state index contributed by atoms with van der Waals surface area (Å²) in [5.74, 6) is 0.989. The molecule has 18 heavy (non-hydrogen) atoms. The molecule has 0 aliphatic rings. The highest BCUT2D eigenvalue weighted by Gasteiger charge is 2.17. The van der Waals surface area contributed by atoms with Crippen LogP contribution in [0.5, 0.6) is 5.88 Å². The number of alkyl halides is 2. The summed E-state index contributed by atoms with van der Waals surface area (Å²) in [4.78, 5) is 8.07. The molecule has 4 nitrogen and oxygen atoms in total. The van der Waals surface area contributed by atoms with Gasteiger partial charge >= 0.3 is 0 Å². The van der Waals surface area contributed by atoms with Crippen LogP contribution in [-0.4, -0.2) is 29.5 Å². The summed E-state index contributed by atoms with van der Waals surface area (Å²) < 4.78 is 29.4. The van der Waals surface area contributed by atoms with Gasteiger partial charge in [0.05, 0.1) is 5.56 Å². The Kier molecular flexibility index (Phi) is 5.74. The molecular formula is C12H19F2N3O. The van der Waals surface area contributed by atoms with E-state index in [2.05, 4.69) is 15.3 Å². The van der Waals surface area contributed by atoms with Gasteiger partial charge in [-0.3, -0.25) is 0 Å². The van der Waals surface area contributed by atoms with Gasteiger partial charge in [0.2, 0.25) is 5.88 Å². The second-order valence-electron chi connectivity index (χ2n) is 4.22. The van der Waals surface area contributed by atoms with Crippen LogP contribution in [0.25, 0.3) is 0 Å². The standard InChI is InChI=1S/C12H19F2N3O/c1-4-5-15-11-10(8(2)3)12(17-7-16-11)18-6-9(13)14/h7-9H,4-6H2,1-3H3,(H,15,16,17). The minimum atomic E-state index is -2.51. The lowest BCUT2D eigenvalue weighted by atomic mass is 10.1. The van der Waals surface area contributed by atoms with Crippen molar-refractivity contribution in [3.05, 3.63) is 11.9 Å². The quantitative estimate of drug-likeness (QED) is 0.817. The van der Waals surface area contributed by atoms with Crippen LogP contribution in [0.4, 0.5) is 14.6 Å². The number of rotatable bonds is 7. The molecule has 0 aliphatic heterocycles. The summed E-state index contributed by atoms with van der Waals surface area (Å²) in [7, 11) is 0. The van der Waals surface area contributed by atoms with Crippen molar-refractivity contribution in [3.63, 3.8) is 0 Å². The highest BCUT2D eigenvalue weighted by Crippen LogP contribution is 2.30. The molecule has 0 atom stereocenters. The van der Waals surface area contributed by atoms with Crippen molar-refractivity contribution < 1.29 is 13.5 Å². The van der Waals surface area contributed by atoms with Crippen LogP contribution < -0.4 is 10.1 Å². The van der Waals surface area contributed by atoms with E-state index in [1.54, 1.807) is 0 Å². The molecule has 1 aromatic rings. The van der Waals surface area contributed by atoms with Gasteiger partial charge in [0, 0.05) is 6.54 Å². The number of ether oxygens (including phenoxy) is 1. The predicted molar refractivity (Wildman–Crippen MR) is 66.4 cm³/mol. The molecule has 1 heterocycles. The highest BCUT2D eigenvalue weighted by molar-refractivity contribution is 5.50. The first-order valence-electron chi connectivity index (χ1n) is 6.06. The summed E-state index contributed by atoms with van der Waals surface area (Å²) in [5.41, 5.74) is 0.742. The molecule has 1 N–H and O–H groups in total. The maximum absolute atomic E-state index is 12.2. The lowest BCUT2D eigenvalue weighted by Crippen LogP contribution is -2.13. The SMILES string of the molecule is CCCNc1ncnc(OCC(F)F)c1C(C)C. The van der Waals surface area contributed by atoms with Gasteiger partial charge in [-0.1, -0.05) is 20.8 Å². The fourth-order valence-corrected chi connectivity index (χ4v) is 1.54. The largest absolute Gasteiger partial charge is 0.471 e. The molecule has 1 aromatic heterocycles. The van der Waals surface area contributed by atoms with E-state index in [4.69, 9.17) is 4.74 Å². The van der Waals surface area contributed by atoms with Gasteiger partial charge in [0.1, 0.15) is 12.1 Å². The summed E-state index contributed by atoms with van der Waals surface area (Å²) in [6.07, 6.45) is -0.230. The van der Waals surface area contributed by atoms with Crippen LogP contribution >= 0.6 is 0 Å². The van der Waals surface area contributed by atoms with Crippen molar-refractivity contribution in [2.75, 3.05) is 18.5 Å². The van der Waals surface area contributed by atoms with E-state index in [0.29, 0.717) is 5.82 Å². The Morgan fingerprint density at radius 3 is 2.61 bits per heavy atom. The average molecular weight is 259 g/mol. The summed E-state index contributed by atoms with van der Waals surface area (Å²) >= 11 is 0. The van der Waals surface area contributed by atoms with E-state index < -0.39 is 13.0 Å². The fraction of sp³-hybridized carbons (Fsp3) is 0.667. The third-order valence-electron chi connectivity index (χ3n) is 2.31. The van der Waals surface area contributed by atoms with Crippen LogP contribution in [-0.2, 0) is 0 Å². The maximum atomic E-state index is 12.2. The van der Waals surface area contributed by atoms with Crippen LogP contribution in [0.3, 0.4) is 0 Å². The van der Waals surface area contributed by atoms with Gasteiger partial charge in [-0.05, 0) is 12.3 Å². The first kappa shape index (κ1) is 14.6. The van der Waals surface area contributed by atoms with Crippen molar-refractivity contribution in [2.45, 2.75) is 39.5 Å². The van der Waals surface area contributed by atoms with Crippen LogP contribution in [0, 0.1) is 0 Å². The van der Waals surface area contributed by atoms with Crippen molar-refractivity contribution >= 4 is 5.82 Å². The average Bonchev–Trinajstić information content (AvgIpc) is 2.33. The predicted octanol–water partition coefficient (Wildman–Crippen LogP) is 3.07. The lowest BCUT2D eigenvalue weighted by Gasteiger charge is -2.16. The van der Waals surface area contributed by atoms with E-state index >= 15 is 0 Å². The summed E-state index contributed by atoms with van der Waals surface area (Å²) in [6.45, 7) is 6.06. The van der Waals surface area contributed by atoms with Gasteiger partial charge in [-0.25, -0.2) is 18.7 Å². The number of anilines is 1. The van der Waals surface area contributed by atoms with E-state index in [0.717, 1.165) is 18.5 Å². The Balaban J connectivity index is 2.93. The first-order valence-corrected chi connectivity index (χ1v) is 6.06. The minimum absolute atomic E-state index is 0.0956. The number of halogens is 2. The Hall–Kier alpha value is -1.46. The fourth-order valence-electron chi connectivity index (χ4n) is 1.54. The summed E-state index contributed by atoms with van der Waals surface area (Å²) in [6, 6.07) is 0. The van der Waals surface area contributed by atoms with Gasteiger partial charge in [-0.2, -0.15) is 0 Å². The second kappa shape index (κ2) is 7.08. The molecule has 0 aliphatic carbocycles. The van der Waals surface area contributed by atoms with Crippen molar-refractivity contribution in [1.29, 1.82) is 0 Å². The highest BCUT2D eigenvalue weighted by atomic mass is 19.3. The van der Waals surface area contributed by atoms with Crippen molar-refractivity contribution in [3.8, 4) is 5.88 Å². The van der Waals surface area contributed by atoms with Crippen LogP contribution in [0.2, 0.25) is 0 Å². The summed E-state index contributed by atoms with van der Waals surface area (Å²) in [5, 5.41) is 3.15. The third kappa shape index (κ3) is 4.09. The van der Waals surface area contributed by atoms with Gasteiger partial charge in [-0.15, -0.1) is 0 Å². The molecule has 0 radical (unpaired) electrons. The monoisotopic (exact) mass is 259 g/mol. The van der Waals surface area contributed by atoms with E-state index in [1.807, 2.05) is 20.8 Å². The van der Waals surface area contributed by atoms with Crippen LogP contribution in [0.1, 0.15) is 38.7 Å². The second-order valence-corrected chi connectivity index (χ2v) is 4.22. The van der Waals surface area contributed by atoms with Gasteiger partial charge in [0.15, 0.2) is 6.61 Å². The molecule has 0 fully saturated rings. The molecule has 0 aromatic carbocycles. The molecule has 0 saturated carbocycles. The van der Waals surface area contributed by atoms with Crippen molar-refractivity contribution in [1.82, 2.24) is 9.97 Å². The third-order valence-corrected chi connectivity index (χ3v) is 2.31. The number of hydrogen-bond donors (Lipinski definition) is 1. The van der Waals surface area contributed by atoms with E-state index in [9.17, 15) is 8.78 Å². The van der Waals surface area contributed by atoms with Crippen molar-refractivity contribution in [2.24, 2.45) is 0 Å². The lowest BCUT2D eigenvalue weighted by molar-refractivity contribution is 0.0788. The Labute approximate surface area is 106 Å². The smallest absolute Gasteiger partial charge is 0.272 e. The topological polar surface area (TPSA) is 47.0 Å². The molecule has 0 spiro atoms. The Morgan fingerprint density at radius 1 is 1.33 bits per heavy atom. The number of aromatic nitrogens is 2. The number of nitrogens with one attached hydrogen (secondary N) is 1.